The van der Waals surface area contributed by atoms with E-state index in [4.69, 9.17) is 4.98 Å². The van der Waals surface area contributed by atoms with Gasteiger partial charge in [-0.1, -0.05) is 36.4 Å². The molecule has 0 spiro atoms. The SMILES string of the molecule is Cc1sc(N2CCN(S(=O)(=O)c3cccs3)CC2)nc1-c1ccccc1. The van der Waals surface area contributed by atoms with Gasteiger partial charge in [0.25, 0.3) is 10.0 Å². The monoisotopic (exact) mass is 405 g/mol. The summed E-state index contributed by atoms with van der Waals surface area (Å²) in [5.41, 5.74) is 2.13. The number of thiazole rings is 1. The first-order chi connectivity index (χ1) is 12.6. The Balaban J connectivity index is 1.49. The Morgan fingerprint density at radius 2 is 1.73 bits per heavy atom. The third-order valence-electron chi connectivity index (χ3n) is 4.43. The molecule has 0 unspecified atom stereocenters. The molecule has 1 saturated heterocycles. The van der Waals surface area contributed by atoms with Crippen molar-refractivity contribution in [1.82, 2.24) is 9.29 Å². The van der Waals surface area contributed by atoms with Crippen LogP contribution in [0.4, 0.5) is 5.13 Å². The maximum atomic E-state index is 12.6. The van der Waals surface area contributed by atoms with E-state index in [1.165, 1.54) is 16.2 Å². The van der Waals surface area contributed by atoms with Crippen LogP contribution in [-0.4, -0.2) is 43.9 Å². The highest BCUT2D eigenvalue weighted by molar-refractivity contribution is 7.91. The fraction of sp³-hybridized carbons (Fsp3) is 0.278. The molecule has 0 radical (unpaired) electrons. The van der Waals surface area contributed by atoms with E-state index < -0.39 is 10.0 Å². The molecule has 3 heterocycles. The molecule has 0 atom stereocenters. The Hall–Kier alpha value is -1.74. The lowest BCUT2D eigenvalue weighted by molar-refractivity contribution is 0.386. The second kappa shape index (κ2) is 7.11. The molecule has 0 aliphatic carbocycles. The van der Waals surface area contributed by atoms with Crippen molar-refractivity contribution in [2.45, 2.75) is 11.1 Å². The lowest BCUT2D eigenvalue weighted by Gasteiger charge is -2.33. The third-order valence-corrected chi connectivity index (χ3v) is 8.73. The molecule has 26 heavy (non-hydrogen) atoms. The van der Waals surface area contributed by atoms with Crippen molar-refractivity contribution in [1.29, 1.82) is 0 Å². The largest absolute Gasteiger partial charge is 0.345 e. The lowest BCUT2D eigenvalue weighted by atomic mass is 10.1. The van der Waals surface area contributed by atoms with E-state index in [0.29, 0.717) is 30.4 Å². The van der Waals surface area contributed by atoms with Crippen LogP contribution in [0.5, 0.6) is 0 Å². The molecule has 1 aliphatic rings. The molecule has 0 bridgehead atoms. The minimum Gasteiger partial charge on any atom is -0.345 e. The first-order valence-corrected chi connectivity index (χ1v) is 11.5. The maximum Gasteiger partial charge on any atom is 0.252 e. The number of hydrogen-bond donors (Lipinski definition) is 0. The zero-order valence-corrected chi connectivity index (χ0v) is 16.8. The summed E-state index contributed by atoms with van der Waals surface area (Å²) in [6, 6.07) is 13.6. The standard InChI is InChI=1S/C18H19N3O2S3/c1-14-17(15-6-3-2-4-7-15)19-18(25-14)20-9-11-21(12-10-20)26(22,23)16-8-5-13-24-16/h2-8,13H,9-12H2,1H3. The van der Waals surface area contributed by atoms with Gasteiger partial charge in [-0.05, 0) is 18.4 Å². The topological polar surface area (TPSA) is 53.5 Å². The van der Waals surface area contributed by atoms with Crippen LogP contribution in [0.1, 0.15) is 4.88 Å². The van der Waals surface area contributed by atoms with Gasteiger partial charge in [0, 0.05) is 36.6 Å². The highest BCUT2D eigenvalue weighted by Gasteiger charge is 2.30. The number of piperazine rings is 1. The van der Waals surface area contributed by atoms with Crippen molar-refractivity contribution in [3.05, 3.63) is 52.7 Å². The van der Waals surface area contributed by atoms with Crippen molar-refractivity contribution in [3.63, 3.8) is 0 Å². The van der Waals surface area contributed by atoms with Crippen molar-refractivity contribution in [2.24, 2.45) is 0 Å². The van der Waals surface area contributed by atoms with Crippen LogP contribution in [0.2, 0.25) is 0 Å². The van der Waals surface area contributed by atoms with E-state index in [1.807, 2.05) is 18.2 Å². The highest BCUT2D eigenvalue weighted by Crippen LogP contribution is 2.33. The van der Waals surface area contributed by atoms with Gasteiger partial charge in [-0.15, -0.1) is 22.7 Å². The van der Waals surface area contributed by atoms with Crippen molar-refractivity contribution < 1.29 is 8.42 Å². The van der Waals surface area contributed by atoms with Crippen LogP contribution in [0.3, 0.4) is 0 Å². The van der Waals surface area contributed by atoms with E-state index >= 15 is 0 Å². The van der Waals surface area contributed by atoms with Crippen LogP contribution in [0, 0.1) is 6.92 Å². The fourth-order valence-electron chi connectivity index (χ4n) is 3.04. The quantitative estimate of drug-likeness (QED) is 0.664. The zero-order valence-electron chi connectivity index (χ0n) is 14.3. The highest BCUT2D eigenvalue weighted by atomic mass is 32.2. The number of benzene rings is 1. The van der Waals surface area contributed by atoms with Crippen molar-refractivity contribution in [3.8, 4) is 11.3 Å². The van der Waals surface area contributed by atoms with E-state index in [2.05, 4.69) is 24.0 Å². The van der Waals surface area contributed by atoms with Crippen molar-refractivity contribution in [2.75, 3.05) is 31.1 Å². The number of aromatic nitrogens is 1. The Kier molecular flexibility index (Phi) is 4.83. The number of rotatable bonds is 4. The molecule has 8 heteroatoms. The minimum atomic E-state index is -3.36. The predicted molar refractivity (Wildman–Crippen MR) is 108 cm³/mol. The predicted octanol–water partition coefficient (Wildman–Crippen LogP) is 3.69. The van der Waals surface area contributed by atoms with Gasteiger partial charge in [-0.3, -0.25) is 0 Å². The molecular weight excluding hydrogens is 386 g/mol. The van der Waals surface area contributed by atoms with Gasteiger partial charge in [-0.2, -0.15) is 4.31 Å². The van der Waals surface area contributed by atoms with Crippen LogP contribution >= 0.6 is 22.7 Å². The Morgan fingerprint density at radius 3 is 2.38 bits per heavy atom. The summed E-state index contributed by atoms with van der Waals surface area (Å²) in [4.78, 5) is 8.18. The average Bonchev–Trinajstić information content (AvgIpc) is 3.33. The molecule has 5 nitrogen and oxygen atoms in total. The molecule has 1 aliphatic heterocycles. The number of aryl methyl sites for hydroxylation is 1. The Bertz CT molecular complexity index is 974. The number of nitrogens with zero attached hydrogens (tertiary/aromatic N) is 3. The summed E-state index contributed by atoms with van der Waals surface area (Å²) in [6.07, 6.45) is 0. The second-order valence-corrected chi connectivity index (χ2v) is 10.4. The number of anilines is 1. The van der Waals surface area contributed by atoms with Gasteiger partial charge in [0.05, 0.1) is 5.69 Å². The molecule has 2 aromatic heterocycles. The van der Waals surface area contributed by atoms with Gasteiger partial charge in [0.2, 0.25) is 0 Å². The number of hydrogen-bond acceptors (Lipinski definition) is 6. The molecule has 136 valence electrons. The van der Waals surface area contributed by atoms with Gasteiger partial charge >= 0.3 is 0 Å². The summed E-state index contributed by atoms with van der Waals surface area (Å²) >= 11 is 2.94. The van der Waals surface area contributed by atoms with Gasteiger partial charge in [0.15, 0.2) is 5.13 Å². The summed E-state index contributed by atoms with van der Waals surface area (Å²) in [6.45, 7) is 4.37. The van der Waals surface area contributed by atoms with Gasteiger partial charge < -0.3 is 4.90 Å². The lowest BCUT2D eigenvalue weighted by Crippen LogP contribution is -2.48. The molecule has 4 rings (SSSR count). The van der Waals surface area contributed by atoms with Crippen LogP contribution in [0.15, 0.2) is 52.1 Å². The number of sulfonamides is 1. The summed E-state index contributed by atoms with van der Waals surface area (Å²) < 4.78 is 27.3. The second-order valence-electron chi connectivity index (χ2n) is 6.09. The van der Waals surface area contributed by atoms with E-state index in [9.17, 15) is 8.42 Å². The summed E-state index contributed by atoms with van der Waals surface area (Å²) in [5, 5.41) is 2.77. The first kappa shape index (κ1) is 17.7. The van der Waals surface area contributed by atoms with Crippen LogP contribution < -0.4 is 4.90 Å². The third kappa shape index (κ3) is 3.29. The van der Waals surface area contributed by atoms with Crippen molar-refractivity contribution >= 4 is 37.8 Å². The minimum absolute atomic E-state index is 0.419. The van der Waals surface area contributed by atoms with E-state index in [-0.39, 0.29) is 0 Å². The molecule has 1 fully saturated rings. The Morgan fingerprint density at radius 1 is 1.00 bits per heavy atom. The molecular formula is C18H19N3O2S3. The fourth-order valence-corrected chi connectivity index (χ4v) is 6.59. The molecule has 1 aromatic carbocycles. The van der Waals surface area contributed by atoms with Gasteiger partial charge in [0.1, 0.15) is 4.21 Å². The van der Waals surface area contributed by atoms with E-state index in [0.717, 1.165) is 16.4 Å². The first-order valence-electron chi connectivity index (χ1n) is 8.37. The molecule has 0 N–H and O–H groups in total. The molecule has 3 aromatic rings. The average molecular weight is 406 g/mol. The smallest absolute Gasteiger partial charge is 0.252 e. The normalized spacial score (nSPS) is 16.1. The van der Waals surface area contributed by atoms with Crippen LogP contribution in [0.25, 0.3) is 11.3 Å². The summed E-state index contributed by atoms with van der Waals surface area (Å²) in [5.74, 6) is 0. The Labute approximate surface area is 161 Å². The molecule has 0 amide bonds. The zero-order chi connectivity index (χ0) is 18.1. The van der Waals surface area contributed by atoms with E-state index in [1.54, 1.807) is 33.2 Å². The molecule has 0 saturated carbocycles. The van der Waals surface area contributed by atoms with Gasteiger partial charge in [-0.25, -0.2) is 13.4 Å². The number of thiophene rings is 1. The summed E-state index contributed by atoms with van der Waals surface area (Å²) in [7, 11) is -3.36. The maximum absolute atomic E-state index is 12.6. The van der Waals surface area contributed by atoms with Crippen LogP contribution in [-0.2, 0) is 10.0 Å².